The maximum absolute atomic E-state index is 4.65. The molecule has 0 atom stereocenters. The fourth-order valence-electron chi connectivity index (χ4n) is 2.04. The minimum absolute atomic E-state index is 0.974. The van der Waals surface area contributed by atoms with Crippen LogP contribution >= 0.6 is 15.9 Å². The van der Waals surface area contributed by atoms with E-state index < -0.39 is 0 Å². The van der Waals surface area contributed by atoms with E-state index >= 15 is 0 Å². The van der Waals surface area contributed by atoms with E-state index in [1.807, 2.05) is 18.3 Å². The summed E-state index contributed by atoms with van der Waals surface area (Å²) in [4.78, 5) is 12.4. The Bertz CT molecular complexity index is 688. The summed E-state index contributed by atoms with van der Waals surface area (Å²) in [6.45, 7) is 2.15. The fourth-order valence-corrected chi connectivity index (χ4v) is 2.39. The smallest absolute Gasteiger partial charge is 0.107 e. The maximum Gasteiger partial charge on any atom is 0.107 e. The van der Waals surface area contributed by atoms with Crippen molar-refractivity contribution in [2.45, 2.75) is 19.8 Å². The number of aromatic amines is 1. The number of H-pyrrole nitrogens is 1. The summed E-state index contributed by atoms with van der Waals surface area (Å²) in [6, 6.07) is 6.10. The quantitative estimate of drug-likeness (QED) is 0.779. The van der Waals surface area contributed by atoms with Crippen molar-refractivity contribution in [1.29, 1.82) is 0 Å². The summed E-state index contributed by atoms with van der Waals surface area (Å²) in [7, 11) is 0. The lowest BCUT2D eigenvalue weighted by Gasteiger charge is -1.97. The van der Waals surface area contributed by atoms with E-state index in [1.54, 1.807) is 0 Å². The van der Waals surface area contributed by atoms with Gasteiger partial charge in [-0.15, -0.1) is 0 Å². The molecular weight excluding hydrogens is 278 g/mol. The molecule has 0 bridgehead atoms. The van der Waals surface area contributed by atoms with Gasteiger partial charge in [-0.25, -0.2) is 4.98 Å². The molecule has 0 unspecified atom stereocenters. The van der Waals surface area contributed by atoms with E-state index in [0.29, 0.717) is 0 Å². The summed E-state index contributed by atoms with van der Waals surface area (Å²) < 4.78 is 1.04. The zero-order valence-electron chi connectivity index (χ0n) is 9.50. The highest BCUT2D eigenvalue weighted by atomic mass is 79.9. The Hall–Kier alpha value is -1.42. The first-order valence-corrected chi connectivity index (χ1v) is 6.50. The fraction of sp³-hybridized carbons (Fsp3) is 0.231. The summed E-state index contributed by atoms with van der Waals surface area (Å²) >= 11 is 3.46. The monoisotopic (exact) mass is 289 g/mol. The highest BCUT2D eigenvalue weighted by Crippen LogP contribution is 2.24. The summed E-state index contributed by atoms with van der Waals surface area (Å²) in [5.74, 6) is 1.04. The van der Waals surface area contributed by atoms with Crippen LogP contribution in [-0.2, 0) is 6.42 Å². The minimum atomic E-state index is 0.974. The largest absolute Gasteiger partial charge is 0.341 e. The first-order chi connectivity index (χ1) is 8.28. The molecule has 86 valence electrons. The number of hydrogen-bond acceptors (Lipinski definition) is 2. The summed E-state index contributed by atoms with van der Waals surface area (Å²) in [5.41, 5.74) is 3.01. The molecule has 0 radical (unpaired) electrons. The number of rotatable bonds is 2. The van der Waals surface area contributed by atoms with Gasteiger partial charge in [0.1, 0.15) is 5.82 Å². The van der Waals surface area contributed by atoms with Crippen LogP contribution in [0, 0.1) is 0 Å². The molecule has 1 aromatic carbocycles. The Morgan fingerprint density at radius 2 is 2.24 bits per heavy atom. The van der Waals surface area contributed by atoms with Crippen molar-refractivity contribution in [2.24, 2.45) is 0 Å². The predicted octanol–water partition coefficient (Wildman–Crippen LogP) is 3.83. The number of nitrogens with one attached hydrogen (secondary N) is 1. The first-order valence-electron chi connectivity index (χ1n) is 5.71. The van der Waals surface area contributed by atoms with Crippen LogP contribution < -0.4 is 0 Å². The van der Waals surface area contributed by atoms with E-state index in [1.165, 1.54) is 0 Å². The molecule has 0 fully saturated rings. The summed E-state index contributed by atoms with van der Waals surface area (Å²) in [6.07, 6.45) is 3.93. The van der Waals surface area contributed by atoms with Gasteiger partial charge in [0.15, 0.2) is 0 Å². The van der Waals surface area contributed by atoms with E-state index in [9.17, 15) is 0 Å². The van der Waals surface area contributed by atoms with Crippen LogP contribution in [0.4, 0.5) is 0 Å². The van der Waals surface area contributed by atoms with Crippen molar-refractivity contribution >= 4 is 37.9 Å². The van der Waals surface area contributed by atoms with E-state index in [0.717, 1.165) is 45.1 Å². The van der Waals surface area contributed by atoms with Crippen molar-refractivity contribution in [3.05, 3.63) is 34.7 Å². The van der Waals surface area contributed by atoms with Crippen LogP contribution in [0.1, 0.15) is 19.2 Å². The molecule has 0 spiro atoms. The molecule has 0 saturated heterocycles. The zero-order chi connectivity index (χ0) is 11.8. The number of halogens is 1. The molecule has 0 aliphatic carbocycles. The number of fused-ring (bicyclic) bond motifs is 3. The number of hydrogen-bond donors (Lipinski definition) is 1. The lowest BCUT2D eigenvalue weighted by Crippen LogP contribution is -1.84. The molecule has 0 aliphatic heterocycles. The highest BCUT2D eigenvalue weighted by Gasteiger charge is 2.07. The Kier molecular flexibility index (Phi) is 2.59. The predicted molar refractivity (Wildman–Crippen MR) is 73.1 cm³/mol. The Balaban J connectivity index is 2.31. The van der Waals surface area contributed by atoms with Gasteiger partial charge in [0.2, 0.25) is 0 Å². The number of nitrogens with zero attached hydrogens (tertiary/aromatic N) is 2. The lowest BCUT2D eigenvalue weighted by atomic mass is 10.2. The van der Waals surface area contributed by atoms with Gasteiger partial charge in [0, 0.05) is 16.3 Å². The Labute approximate surface area is 107 Å². The molecule has 4 heteroatoms. The van der Waals surface area contributed by atoms with Gasteiger partial charge in [-0.2, -0.15) is 0 Å². The van der Waals surface area contributed by atoms with Crippen LogP contribution in [-0.4, -0.2) is 15.0 Å². The molecular formula is C13H12BrN3. The lowest BCUT2D eigenvalue weighted by molar-refractivity contribution is 0.861. The summed E-state index contributed by atoms with van der Waals surface area (Å²) in [5, 5.41) is 1.10. The maximum atomic E-state index is 4.65. The average Bonchev–Trinajstić information content (AvgIpc) is 2.72. The van der Waals surface area contributed by atoms with Gasteiger partial charge in [-0.3, -0.25) is 4.98 Å². The Morgan fingerprint density at radius 3 is 3.06 bits per heavy atom. The number of benzene rings is 1. The molecule has 3 rings (SSSR count). The molecule has 1 N–H and O–H groups in total. The van der Waals surface area contributed by atoms with Crippen molar-refractivity contribution in [3.8, 4) is 0 Å². The number of aryl methyl sites for hydroxylation is 1. The average molecular weight is 290 g/mol. The molecule has 2 heterocycles. The van der Waals surface area contributed by atoms with E-state index in [-0.39, 0.29) is 0 Å². The van der Waals surface area contributed by atoms with Crippen LogP contribution in [0.2, 0.25) is 0 Å². The molecule has 2 aromatic heterocycles. The van der Waals surface area contributed by atoms with Gasteiger partial charge in [0.25, 0.3) is 0 Å². The van der Waals surface area contributed by atoms with Crippen LogP contribution in [0.15, 0.2) is 28.9 Å². The first kappa shape index (κ1) is 10.7. The SMILES string of the molecule is CCCc1nc2c(cnc3cc(Br)ccc32)[nH]1. The van der Waals surface area contributed by atoms with Crippen molar-refractivity contribution in [1.82, 2.24) is 15.0 Å². The topological polar surface area (TPSA) is 41.6 Å². The van der Waals surface area contributed by atoms with Gasteiger partial charge < -0.3 is 4.98 Å². The van der Waals surface area contributed by atoms with Gasteiger partial charge >= 0.3 is 0 Å². The van der Waals surface area contributed by atoms with Crippen LogP contribution in [0.5, 0.6) is 0 Å². The number of pyridine rings is 1. The van der Waals surface area contributed by atoms with Crippen molar-refractivity contribution < 1.29 is 0 Å². The third kappa shape index (κ3) is 1.82. The second-order valence-electron chi connectivity index (χ2n) is 4.12. The third-order valence-corrected chi connectivity index (χ3v) is 3.31. The van der Waals surface area contributed by atoms with E-state index in [4.69, 9.17) is 0 Å². The highest BCUT2D eigenvalue weighted by molar-refractivity contribution is 9.10. The van der Waals surface area contributed by atoms with Crippen LogP contribution in [0.25, 0.3) is 21.9 Å². The zero-order valence-corrected chi connectivity index (χ0v) is 11.1. The number of imidazole rings is 1. The molecule has 3 aromatic rings. The van der Waals surface area contributed by atoms with Crippen molar-refractivity contribution in [3.63, 3.8) is 0 Å². The minimum Gasteiger partial charge on any atom is -0.341 e. The molecule has 0 aliphatic rings. The van der Waals surface area contributed by atoms with Gasteiger partial charge in [-0.05, 0) is 24.6 Å². The second kappa shape index (κ2) is 4.11. The van der Waals surface area contributed by atoms with Crippen molar-refractivity contribution in [2.75, 3.05) is 0 Å². The van der Waals surface area contributed by atoms with Gasteiger partial charge in [-0.1, -0.05) is 22.9 Å². The molecule has 0 amide bonds. The van der Waals surface area contributed by atoms with Crippen LogP contribution in [0.3, 0.4) is 0 Å². The van der Waals surface area contributed by atoms with E-state index in [2.05, 4.69) is 43.9 Å². The molecule has 17 heavy (non-hydrogen) atoms. The normalized spacial score (nSPS) is 11.4. The number of aromatic nitrogens is 3. The third-order valence-electron chi connectivity index (χ3n) is 2.82. The van der Waals surface area contributed by atoms with Gasteiger partial charge in [0.05, 0.1) is 22.7 Å². The molecule has 3 nitrogen and oxygen atoms in total. The Morgan fingerprint density at radius 1 is 1.35 bits per heavy atom. The standard InChI is InChI=1S/C13H12BrN3/c1-2-3-12-16-11-7-15-10-6-8(14)4-5-9(10)13(11)17-12/h4-7H,2-3H2,1H3,(H,16,17). The second-order valence-corrected chi connectivity index (χ2v) is 5.03. The molecule has 0 saturated carbocycles.